The number of aromatic nitrogens is 1. The quantitative estimate of drug-likeness (QED) is 0.852. The van der Waals surface area contributed by atoms with Crippen LogP contribution >= 0.6 is 0 Å². The van der Waals surface area contributed by atoms with Gasteiger partial charge in [0.1, 0.15) is 0 Å². The largest absolute Gasteiger partial charge is 0.493 e. The minimum Gasteiger partial charge on any atom is -0.493 e. The van der Waals surface area contributed by atoms with Gasteiger partial charge in [0.15, 0.2) is 11.5 Å². The molecule has 0 saturated heterocycles. The molecule has 0 fully saturated rings. The van der Waals surface area contributed by atoms with E-state index in [1.165, 1.54) is 0 Å². The van der Waals surface area contributed by atoms with Crippen molar-refractivity contribution in [1.82, 2.24) is 4.98 Å². The van der Waals surface area contributed by atoms with Crippen molar-refractivity contribution in [2.24, 2.45) is 0 Å². The van der Waals surface area contributed by atoms with E-state index in [2.05, 4.69) is 4.98 Å². The summed E-state index contributed by atoms with van der Waals surface area (Å²) < 4.78 is 10.5. The van der Waals surface area contributed by atoms with Crippen LogP contribution in [0.4, 0.5) is 0 Å². The molecule has 0 aliphatic carbocycles. The molecule has 0 saturated carbocycles. The van der Waals surface area contributed by atoms with Gasteiger partial charge in [-0.15, -0.1) is 0 Å². The molecule has 2 aromatic rings. The van der Waals surface area contributed by atoms with Gasteiger partial charge in [0, 0.05) is 29.3 Å². The summed E-state index contributed by atoms with van der Waals surface area (Å²) in [6.45, 7) is 2.14. The van der Waals surface area contributed by atoms with Crippen LogP contribution < -0.4 is 9.47 Å². The third kappa shape index (κ3) is 1.96. The van der Waals surface area contributed by atoms with Gasteiger partial charge in [-0.2, -0.15) is 0 Å². The summed E-state index contributed by atoms with van der Waals surface area (Å²) in [7, 11) is 3.24. The van der Waals surface area contributed by atoms with Crippen LogP contribution in [-0.2, 0) is 6.42 Å². The van der Waals surface area contributed by atoms with E-state index in [1.54, 1.807) is 14.2 Å². The summed E-state index contributed by atoms with van der Waals surface area (Å²) in [4.78, 5) is 3.29. The summed E-state index contributed by atoms with van der Waals surface area (Å²) in [5.74, 6) is 1.41. The molecule has 92 valence electrons. The van der Waals surface area contributed by atoms with Gasteiger partial charge in [-0.05, 0) is 25.0 Å². The topological polar surface area (TPSA) is 54.5 Å². The number of aromatic amines is 1. The van der Waals surface area contributed by atoms with E-state index in [1.807, 2.05) is 19.1 Å². The molecule has 0 aliphatic rings. The summed E-state index contributed by atoms with van der Waals surface area (Å²) in [6, 6.07) is 3.87. The number of benzene rings is 1. The SMILES string of the molecule is COc1cc2[nH]c(C)c(CCO)c2cc1OC. The van der Waals surface area contributed by atoms with Gasteiger partial charge in [-0.1, -0.05) is 0 Å². The zero-order valence-corrected chi connectivity index (χ0v) is 10.3. The van der Waals surface area contributed by atoms with Gasteiger partial charge < -0.3 is 19.6 Å². The Morgan fingerprint density at radius 2 is 1.82 bits per heavy atom. The van der Waals surface area contributed by atoms with Crippen LogP contribution in [0.2, 0.25) is 0 Å². The molecule has 2 rings (SSSR count). The van der Waals surface area contributed by atoms with Crippen molar-refractivity contribution >= 4 is 10.9 Å². The second-order valence-electron chi connectivity index (χ2n) is 3.95. The summed E-state index contributed by atoms with van der Waals surface area (Å²) in [5, 5.41) is 10.2. The summed E-state index contributed by atoms with van der Waals surface area (Å²) in [5.41, 5.74) is 3.21. The Morgan fingerprint density at radius 3 is 2.41 bits per heavy atom. The van der Waals surface area contributed by atoms with Gasteiger partial charge in [-0.25, -0.2) is 0 Å². The first kappa shape index (κ1) is 11.8. The van der Waals surface area contributed by atoms with Gasteiger partial charge in [0.25, 0.3) is 0 Å². The highest BCUT2D eigenvalue weighted by Gasteiger charge is 2.12. The summed E-state index contributed by atoms with van der Waals surface area (Å²) in [6.07, 6.45) is 0.640. The Hall–Kier alpha value is -1.68. The first-order valence-electron chi connectivity index (χ1n) is 5.55. The number of hydrogen-bond acceptors (Lipinski definition) is 3. The van der Waals surface area contributed by atoms with E-state index >= 15 is 0 Å². The molecule has 0 radical (unpaired) electrons. The molecule has 0 bridgehead atoms. The van der Waals surface area contributed by atoms with E-state index < -0.39 is 0 Å². The first-order valence-corrected chi connectivity index (χ1v) is 5.55. The first-order chi connectivity index (χ1) is 8.21. The molecular formula is C13H17NO3. The van der Waals surface area contributed by atoms with Crippen molar-refractivity contribution in [3.63, 3.8) is 0 Å². The van der Waals surface area contributed by atoms with Gasteiger partial charge in [0.05, 0.1) is 14.2 Å². The van der Waals surface area contributed by atoms with Crippen LogP contribution in [-0.4, -0.2) is 30.9 Å². The van der Waals surface area contributed by atoms with Crippen molar-refractivity contribution in [2.75, 3.05) is 20.8 Å². The Morgan fingerprint density at radius 1 is 1.18 bits per heavy atom. The zero-order valence-electron chi connectivity index (χ0n) is 10.3. The Balaban J connectivity index is 2.65. The molecule has 0 amide bonds. The fraction of sp³-hybridized carbons (Fsp3) is 0.385. The van der Waals surface area contributed by atoms with E-state index in [0.717, 1.165) is 22.2 Å². The third-order valence-corrected chi connectivity index (χ3v) is 2.99. The standard InChI is InChI=1S/C13H17NO3/c1-8-9(4-5-15)10-6-12(16-2)13(17-3)7-11(10)14-8/h6-7,14-15H,4-5H2,1-3H3. The number of hydrogen-bond donors (Lipinski definition) is 2. The maximum Gasteiger partial charge on any atom is 0.162 e. The predicted molar refractivity (Wildman–Crippen MR) is 66.9 cm³/mol. The number of aliphatic hydroxyl groups is 1. The van der Waals surface area contributed by atoms with Crippen LogP contribution in [0, 0.1) is 6.92 Å². The highest BCUT2D eigenvalue weighted by molar-refractivity contribution is 5.88. The lowest BCUT2D eigenvalue weighted by Crippen LogP contribution is -1.93. The number of ether oxygens (including phenoxy) is 2. The van der Waals surface area contributed by atoms with Crippen LogP contribution in [0.15, 0.2) is 12.1 Å². The Labute approximate surface area is 100 Å². The molecule has 0 unspecified atom stereocenters. The highest BCUT2D eigenvalue weighted by atomic mass is 16.5. The molecule has 17 heavy (non-hydrogen) atoms. The monoisotopic (exact) mass is 235 g/mol. The maximum atomic E-state index is 9.08. The van der Waals surface area contributed by atoms with Crippen LogP contribution in [0.3, 0.4) is 0 Å². The predicted octanol–water partition coefficient (Wildman–Crippen LogP) is 2.03. The summed E-state index contributed by atoms with van der Waals surface area (Å²) >= 11 is 0. The average Bonchev–Trinajstić information content (AvgIpc) is 2.64. The van der Waals surface area contributed by atoms with Crippen LogP contribution in [0.5, 0.6) is 11.5 Å². The smallest absolute Gasteiger partial charge is 0.162 e. The lowest BCUT2D eigenvalue weighted by molar-refractivity contribution is 0.300. The Bertz CT molecular complexity index is 531. The molecule has 1 heterocycles. The highest BCUT2D eigenvalue weighted by Crippen LogP contribution is 2.34. The van der Waals surface area contributed by atoms with Gasteiger partial charge >= 0.3 is 0 Å². The number of fused-ring (bicyclic) bond motifs is 1. The van der Waals surface area contributed by atoms with E-state index in [-0.39, 0.29) is 6.61 Å². The Kier molecular flexibility index (Phi) is 3.24. The molecule has 1 aromatic heterocycles. The number of methoxy groups -OCH3 is 2. The van der Waals surface area contributed by atoms with E-state index in [4.69, 9.17) is 14.6 Å². The van der Waals surface area contributed by atoms with Crippen LogP contribution in [0.1, 0.15) is 11.3 Å². The molecule has 4 heteroatoms. The van der Waals surface area contributed by atoms with Crippen molar-refractivity contribution in [1.29, 1.82) is 0 Å². The second-order valence-corrected chi connectivity index (χ2v) is 3.95. The number of aryl methyl sites for hydroxylation is 1. The normalized spacial score (nSPS) is 10.8. The molecule has 0 spiro atoms. The lowest BCUT2D eigenvalue weighted by Gasteiger charge is -2.07. The van der Waals surface area contributed by atoms with Crippen molar-refractivity contribution < 1.29 is 14.6 Å². The van der Waals surface area contributed by atoms with Crippen molar-refractivity contribution in [3.05, 3.63) is 23.4 Å². The number of aliphatic hydroxyl groups excluding tert-OH is 1. The fourth-order valence-corrected chi connectivity index (χ4v) is 2.15. The average molecular weight is 235 g/mol. The molecular weight excluding hydrogens is 218 g/mol. The number of H-pyrrole nitrogens is 1. The van der Waals surface area contributed by atoms with Crippen LogP contribution in [0.25, 0.3) is 10.9 Å². The van der Waals surface area contributed by atoms with Crippen molar-refractivity contribution in [3.8, 4) is 11.5 Å². The molecule has 0 atom stereocenters. The fourth-order valence-electron chi connectivity index (χ4n) is 2.15. The second kappa shape index (κ2) is 4.67. The molecule has 2 N–H and O–H groups in total. The zero-order chi connectivity index (χ0) is 12.4. The van der Waals surface area contributed by atoms with E-state index in [9.17, 15) is 0 Å². The number of rotatable bonds is 4. The van der Waals surface area contributed by atoms with Gasteiger partial charge in [0.2, 0.25) is 0 Å². The van der Waals surface area contributed by atoms with Gasteiger partial charge in [-0.3, -0.25) is 0 Å². The molecule has 4 nitrogen and oxygen atoms in total. The lowest BCUT2D eigenvalue weighted by atomic mass is 10.1. The molecule has 0 aliphatic heterocycles. The van der Waals surface area contributed by atoms with E-state index in [0.29, 0.717) is 17.9 Å². The third-order valence-electron chi connectivity index (χ3n) is 2.99. The minimum absolute atomic E-state index is 0.141. The maximum absolute atomic E-state index is 9.08. The minimum atomic E-state index is 0.141. The number of nitrogens with one attached hydrogen (secondary N) is 1. The molecule has 1 aromatic carbocycles. The van der Waals surface area contributed by atoms with Crippen molar-refractivity contribution in [2.45, 2.75) is 13.3 Å².